The zero-order chi connectivity index (χ0) is 8.54. The van der Waals surface area contributed by atoms with E-state index in [-0.39, 0.29) is 18.6 Å². The summed E-state index contributed by atoms with van der Waals surface area (Å²) in [6.45, 7) is 0. The lowest BCUT2D eigenvalue weighted by Crippen LogP contribution is -2.36. The molecule has 1 aliphatic rings. The molecule has 62 valence electrons. The van der Waals surface area contributed by atoms with Crippen LogP contribution in [0.4, 0.5) is 17.6 Å². The van der Waals surface area contributed by atoms with E-state index in [0.717, 1.165) is 12.2 Å². The largest absolute Gasteiger partial charge is 0.332 e. The second-order valence-electron chi connectivity index (χ2n) is 2.29. The maximum absolute atomic E-state index is 12.4. The predicted molar refractivity (Wildman–Crippen MR) is 32.8 cm³/mol. The summed E-state index contributed by atoms with van der Waals surface area (Å²) in [6.07, 6.45) is 2.67. The third-order valence-corrected chi connectivity index (χ3v) is 1.37. The first-order valence-corrected chi connectivity index (χ1v) is 3.07. The number of hydrogen-bond donors (Lipinski definition) is 0. The lowest BCUT2D eigenvalue weighted by molar-refractivity contribution is -0.146. The topological polar surface area (TPSA) is 0 Å². The lowest BCUT2D eigenvalue weighted by Gasteiger charge is -2.19. The Hall–Kier alpha value is -0.800. The van der Waals surface area contributed by atoms with Gasteiger partial charge in [-0.25, -0.2) is 0 Å². The van der Waals surface area contributed by atoms with Gasteiger partial charge in [-0.3, -0.25) is 0 Å². The minimum absolute atomic E-state index is 0.130. The molecule has 0 radical (unpaired) electrons. The zero-order valence-electron chi connectivity index (χ0n) is 5.53. The molecule has 0 bridgehead atoms. The van der Waals surface area contributed by atoms with Crippen LogP contribution in [0.3, 0.4) is 0 Å². The molecule has 0 fully saturated rings. The zero-order valence-corrected chi connectivity index (χ0v) is 5.53. The van der Waals surface area contributed by atoms with Gasteiger partial charge in [-0.05, 0) is 18.6 Å². The molecule has 0 saturated heterocycles. The Bertz CT molecular complexity index is 180. The van der Waals surface area contributed by atoms with E-state index in [0.29, 0.717) is 0 Å². The molecule has 0 unspecified atom stereocenters. The Morgan fingerprint density at radius 2 is 1.18 bits per heavy atom. The number of hydrogen-bond acceptors (Lipinski definition) is 0. The third-order valence-electron chi connectivity index (χ3n) is 1.37. The highest BCUT2D eigenvalue weighted by Gasteiger charge is 2.52. The third kappa shape index (κ3) is 1.44. The average molecular weight is 166 g/mol. The summed E-state index contributed by atoms with van der Waals surface area (Å²) in [5, 5.41) is 0. The lowest BCUT2D eigenvalue weighted by atomic mass is 10.2. The molecule has 4 heteroatoms. The summed E-state index contributed by atoms with van der Waals surface area (Å²) < 4.78 is 49.4. The highest BCUT2D eigenvalue weighted by atomic mass is 19.3. The first-order valence-electron chi connectivity index (χ1n) is 3.07. The summed E-state index contributed by atoms with van der Waals surface area (Å²) in [5.74, 6) is -8.08. The monoisotopic (exact) mass is 166 g/mol. The summed E-state index contributed by atoms with van der Waals surface area (Å²) in [4.78, 5) is 0. The Balaban J connectivity index is 3.00. The molecule has 0 saturated carbocycles. The van der Waals surface area contributed by atoms with Crippen molar-refractivity contribution in [2.24, 2.45) is 0 Å². The van der Waals surface area contributed by atoms with Crippen LogP contribution < -0.4 is 0 Å². The highest BCUT2D eigenvalue weighted by molar-refractivity contribution is 5.16. The molecule has 1 rings (SSSR count). The Labute approximate surface area is 61.2 Å². The predicted octanol–water partition coefficient (Wildman–Crippen LogP) is 2.77. The minimum atomic E-state index is -4.04. The molecule has 0 heterocycles. The molecular formula is C7H6F4. The minimum Gasteiger partial charge on any atom is -0.195 e. The van der Waals surface area contributed by atoms with E-state index in [1.54, 1.807) is 0 Å². The first kappa shape index (κ1) is 8.30. The molecule has 0 aromatic heterocycles. The Kier molecular flexibility index (Phi) is 1.78. The van der Waals surface area contributed by atoms with Crippen LogP contribution in [-0.2, 0) is 0 Å². The smallest absolute Gasteiger partial charge is 0.195 e. The van der Waals surface area contributed by atoms with E-state index in [4.69, 9.17) is 0 Å². The maximum atomic E-state index is 12.4. The van der Waals surface area contributed by atoms with Crippen LogP contribution in [0.5, 0.6) is 0 Å². The van der Waals surface area contributed by atoms with E-state index in [1.165, 1.54) is 0 Å². The van der Waals surface area contributed by atoms with Gasteiger partial charge in [-0.2, -0.15) is 17.6 Å². The van der Waals surface area contributed by atoms with E-state index >= 15 is 0 Å². The number of alkyl halides is 4. The van der Waals surface area contributed by atoms with Crippen molar-refractivity contribution in [1.29, 1.82) is 0 Å². The standard InChI is InChI=1S/C7H6F4/c8-6(9)4-2-1-3-5-7(6,10)11/h2-5H,1H2. The van der Waals surface area contributed by atoms with Gasteiger partial charge in [-0.15, -0.1) is 0 Å². The van der Waals surface area contributed by atoms with Gasteiger partial charge in [0, 0.05) is 0 Å². The normalized spacial score (nSPS) is 26.5. The molecule has 0 aliphatic heterocycles. The summed E-state index contributed by atoms with van der Waals surface area (Å²) in [6, 6.07) is 0. The fourth-order valence-corrected chi connectivity index (χ4v) is 0.733. The van der Waals surface area contributed by atoms with Crippen LogP contribution in [0, 0.1) is 0 Å². The molecule has 0 atom stereocenters. The Morgan fingerprint density at radius 3 is 1.55 bits per heavy atom. The van der Waals surface area contributed by atoms with Crippen LogP contribution in [0.2, 0.25) is 0 Å². The SMILES string of the molecule is FC1(F)C=CCC=CC1(F)F. The van der Waals surface area contributed by atoms with Crippen LogP contribution in [0.1, 0.15) is 6.42 Å². The second-order valence-corrected chi connectivity index (χ2v) is 2.29. The molecule has 0 aromatic rings. The van der Waals surface area contributed by atoms with E-state index in [1.807, 2.05) is 0 Å². The Morgan fingerprint density at radius 1 is 0.818 bits per heavy atom. The molecule has 0 nitrogen and oxygen atoms in total. The molecular weight excluding hydrogens is 160 g/mol. The van der Waals surface area contributed by atoms with Crippen molar-refractivity contribution in [2.45, 2.75) is 18.3 Å². The maximum Gasteiger partial charge on any atom is 0.332 e. The van der Waals surface area contributed by atoms with Gasteiger partial charge >= 0.3 is 11.8 Å². The molecule has 0 spiro atoms. The van der Waals surface area contributed by atoms with Crippen molar-refractivity contribution >= 4 is 0 Å². The molecule has 0 aromatic carbocycles. The second kappa shape index (κ2) is 2.36. The summed E-state index contributed by atoms with van der Waals surface area (Å²) >= 11 is 0. The van der Waals surface area contributed by atoms with Gasteiger partial charge in [-0.1, -0.05) is 12.2 Å². The van der Waals surface area contributed by atoms with Crippen molar-refractivity contribution < 1.29 is 17.6 Å². The van der Waals surface area contributed by atoms with Gasteiger partial charge < -0.3 is 0 Å². The quantitative estimate of drug-likeness (QED) is 0.383. The van der Waals surface area contributed by atoms with Gasteiger partial charge in [0.25, 0.3) is 0 Å². The van der Waals surface area contributed by atoms with Gasteiger partial charge in [0.2, 0.25) is 0 Å². The molecule has 11 heavy (non-hydrogen) atoms. The average Bonchev–Trinajstić information content (AvgIpc) is 1.94. The fourth-order valence-electron chi connectivity index (χ4n) is 0.733. The molecule has 0 amide bonds. The van der Waals surface area contributed by atoms with Crippen molar-refractivity contribution in [3.8, 4) is 0 Å². The van der Waals surface area contributed by atoms with Crippen LogP contribution in [0.15, 0.2) is 24.3 Å². The van der Waals surface area contributed by atoms with Crippen LogP contribution in [-0.4, -0.2) is 11.8 Å². The van der Waals surface area contributed by atoms with Crippen molar-refractivity contribution in [2.75, 3.05) is 0 Å². The van der Waals surface area contributed by atoms with Crippen molar-refractivity contribution in [1.82, 2.24) is 0 Å². The fraction of sp³-hybridized carbons (Fsp3) is 0.429. The summed E-state index contributed by atoms with van der Waals surface area (Å²) in [7, 11) is 0. The number of rotatable bonds is 0. The van der Waals surface area contributed by atoms with Crippen molar-refractivity contribution in [3.63, 3.8) is 0 Å². The number of allylic oxidation sites excluding steroid dienone is 4. The van der Waals surface area contributed by atoms with E-state index in [2.05, 4.69) is 0 Å². The van der Waals surface area contributed by atoms with E-state index < -0.39 is 11.8 Å². The van der Waals surface area contributed by atoms with E-state index in [9.17, 15) is 17.6 Å². The van der Waals surface area contributed by atoms with Gasteiger partial charge in [0.05, 0.1) is 0 Å². The molecule has 0 N–H and O–H groups in total. The van der Waals surface area contributed by atoms with Crippen molar-refractivity contribution in [3.05, 3.63) is 24.3 Å². The van der Waals surface area contributed by atoms with Crippen LogP contribution >= 0.6 is 0 Å². The number of halogens is 4. The first-order chi connectivity index (χ1) is 4.96. The van der Waals surface area contributed by atoms with Gasteiger partial charge in [0.1, 0.15) is 0 Å². The van der Waals surface area contributed by atoms with Crippen LogP contribution in [0.25, 0.3) is 0 Å². The van der Waals surface area contributed by atoms with Gasteiger partial charge in [0.15, 0.2) is 0 Å². The molecule has 1 aliphatic carbocycles. The highest BCUT2D eigenvalue weighted by Crippen LogP contribution is 2.37. The summed E-state index contributed by atoms with van der Waals surface area (Å²) in [5.41, 5.74) is 0.